The summed E-state index contributed by atoms with van der Waals surface area (Å²) in [6, 6.07) is 9.99. The normalized spacial score (nSPS) is 16.2. The highest BCUT2D eigenvalue weighted by Crippen LogP contribution is 2.24. The average Bonchev–Trinajstić information content (AvgIpc) is 3.32. The van der Waals surface area contributed by atoms with E-state index in [9.17, 15) is 9.18 Å². The smallest absolute Gasteiger partial charge is 0.230 e. The van der Waals surface area contributed by atoms with Crippen LogP contribution in [-0.4, -0.2) is 45.4 Å². The minimum Gasteiger partial charge on any atom is -0.355 e. The van der Waals surface area contributed by atoms with E-state index in [1.165, 1.54) is 23.5 Å². The Hall–Kier alpha value is -3.14. The summed E-state index contributed by atoms with van der Waals surface area (Å²) in [5, 5.41) is 23.2. The maximum Gasteiger partial charge on any atom is 0.230 e. The van der Waals surface area contributed by atoms with Crippen molar-refractivity contribution in [3.63, 3.8) is 0 Å². The first-order chi connectivity index (χ1) is 13.7. The summed E-state index contributed by atoms with van der Waals surface area (Å²) in [7, 11) is 0. The SMILES string of the molecule is O=C(Cc1cccc(F)c1)Nc1nnc(N[C@@H]2CCN(c3cccnn3)C2)s1. The van der Waals surface area contributed by atoms with Crippen LogP contribution in [0.2, 0.25) is 0 Å². The van der Waals surface area contributed by atoms with Crippen LogP contribution in [0.4, 0.5) is 20.5 Å². The van der Waals surface area contributed by atoms with Gasteiger partial charge in [-0.3, -0.25) is 4.79 Å². The van der Waals surface area contributed by atoms with Crippen LogP contribution in [-0.2, 0) is 11.2 Å². The van der Waals surface area contributed by atoms with Gasteiger partial charge in [0.2, 0.25) is 16.2 Å². The van der Waals surface area contributed by atoms with E-state index in [-0.39, 0.29) is 24.2 Å². The van der Waals surface area contributed by atoms with Crippen molar-refractivity contribution in [1.82, 2.24) is 20.4 Å². The first kappa shape index (κ1) is 18.2. The molecule has 0 unspecified atom stereocenters. The molecule has 1 aromatic carbocycles. The summed E-state index contributed by atoms with van der Waals surface area (Å²) in [5.41, 5.74) is 0.607. The number of benzene rings is 1. The van der Waals surface area contributed by atoms with E-state index in [4.69, 9.17) is 0 Å². The predicted molar refractivity (Wildman–Crippen MR) is 105 cm³/mol. The van der Waals surface area contributed by atoms with Gasteiger partial charge in [0.25, 0.3) is 0 Å². The molecule has 2 N–H and O–H groups in total. The van der Waals surface area contributed by atoms with Gasteiger partial charge in [-0.1, -0.05) is 23.5 Å². The average molecular weight is 399 g/mol. The molecule has 1 fully saturated rings. The highest BCUT2D eigenvalue weighted by atomic mass is 32.1. The summed E-state index contributed by atoms with van der Waals surface area (Å²) < 4.78 is 13.2. The number of hydrogen-bond acceptors (Lipinski definition) is 8. The predicted octanol–water partition coefficient (Wildman–Crippen LogP) is 2.34. The van der Waals surface area contributed by atoms with E-state index < -0.39 is 0 Å². The zero-order valence-corrected chi connectivity index (χ0v) is 15.7. The van der Waals surface area contributed by atoms with Gasteiger partial charge < -0.3 is 15.5 Å². The molecule has 3 heterocycles. The van der Waals surface area contributed by atoms with Gasteiger partial charge >= 0.3 is 0 Å². The van der Waals surface area contributed by atoms with E-state index in [1.807, 2.05) is 12.1 Å². The summed E-state index contributed by atoms with van der Waals surface area (Å²) in [4.78, 5) is 14.3. The lowest BCUT2D eigenvalue weighted by Crippen LogP contribution is -2.26. The summed E-state index contributed by atoms with van der Waals surface area (Å²) in [6.45, 7) is 1.67. The van der Waals surface area contributed by atoms with E-state index in [0.29, 0.717) is 15.8 Å². The number of hydrogen-bond donors (Lipinski definition) is 2. The van der Waals surface area contributed by atoms with E-state index in [1.54, 1.807) is 18.3 Å². The van der Waals surface area contributed by atoms with Crippen LogP contribution in [0.5, 0.6) is 0 Å². The van der Waals surface area contributed by atoms with Crippen LogP contribution in [0.25, 0.3) is 0 Å². The van der Waals surface area contributed by atoms with Crippen LogP contribution >= 0.6 is 11.3 Å². The molecule has 0 spiro atoms. The number of aromatic nitrogens is 4. The largest absolute Gasteiger partial charge is 0.355 e. The Morgan fingerprint density at radius 3 is 2.93 bits per heavy atom. The lowest BCUT2D eigenvalue weighted by Gasteiger charge is -2.16. The van der Waals surface area contributed by atoms with Gasteiger partial charge in [0.15, 0.2) is 5.82 Å². The molecule has 1 saturated heterocycles. The van der Waals surface area contributed by atoms with Crippen molar-refractivity contribution < 1.29 is 9.18 Å². The molecule has 1 aliphatic heterocycles. The van der Waals surface area contributed by atoms with Crippen LogP contribution in [0.15, 0.2) is 42.6 Å². The third kappa shape index (κ3) is 4.58. The van der Waals surface area contributed by atoms with E-state index >= 15 is 0 Å². The van der Waals surface area contributed by atoms with Gasteiger partial charge in [-0.25, -0.2) is 4.39 Å². The molecule has 4 rings (SSSR count). The zero-order chi connectivity index (χ0) is 19.3. The monoisotopic (exact) mass is 399 g/mol. The molecule has 10 heteroatoms. The molecule has 0 radical (unpaired) electrons. The minimum atomic E-state index is -0.361. The second-order valence-electron chi connectivity index (χ2n) is 6.43. The quantitative estimate of drug-likeness (QED) is 0.657. The van der Waals surface area contributed by atoms with Crippen molar-refractivity contribution in [3.05, 3.63) is 54.0 Å². The molecule has 144 valence electrons. The number of carbonyl (C=O) groups is 1. The number of carbonyl (C=O) groups excluding carboxylic acids is 1. The number of amides is 1. The Balaban J connectivity index is 1.29. The summed E-state index contributed by atoms with van der Waals surface area (Å²) in [5.74, 6) is 0.233. The Morgan fingerprint density at radius 1 is 1.21 bits per heavy atom. The Bertz CT molecular complexity index is 952. The Morgan fingerprint density at radius 2 is 2.11 bits per heavy atom. The fourth-order valence-electron chi connectivity index (χ4n) is 3.05. The zero-order valence-electron chi connectivity index (χ0n) is 14.9. The molecule has 1 amide bonds. The first-order valence-corrected chi connectivity index (χ1v) is 9.64. The number of nitrogens with one attached hydrogen (secondary N) is 2. The standard InChI is InChI=1S/C18H18FN7OS/c19-13-4-1-3-12(9-13)10-16(27)22-18-25-24-17(28-18)21-14-6-8-26(11-14)15-5-2-7-20-23-15/h1-5,7,9,14H,6,8,10-11H2,(H,21,24)(H,22,25,27)/t14-/m1/s1. The molecule has 0 bridgehead atoms. The molecule has 0 aliphatic carbocycles. The number of halogens is 1. The highest BCUT2D eigenvalue weighted by molar-refractivity contribution is 7.19. The lowest BCUT2D eigenvalue weighted by molar-refractivity contribution is -0.115. The summed E-state index contributed by atoms with van der Waals surface area (Å²) in [6.07, 6.45) is 2.67. The molecular formula is C18H18FN7OS. The first-order valence-electron chi connectivity index (χ1n) is 8.83. The fourth-order valence-corrected chi connectivity index (χ4v) is 3.79. The second-order valence-corrected chi connectivity index (χ2v) is 7.40. The van der Waals surface area contributed by atoms with E-state index in [2.05, 4.69) is 35.9 Å². The maximum atomic E-state index is 13.2. The third-order valence-corrected chi connectivity index (χ3v) is 5.09. The third-order valence-electron chi connectivity index (χ3n) is 4.32. The van der Waals surface area contributed by atoms with Crippen LogP contribution < -0.4 is 15.5 Å². The van der Waals surface area contributed by atoms with Crippen LogP contribution in [0, 0.1) is 5.82 Å². The van der Waals surface area contributed by atoms with Crippen LogP contribution in [0.1, 0.15) is 12.0 Å². The number of nitrogens with zero attached hydrogens (tertiary/aromatic N) is 5. The van der Waals surface area contributed by atoms with Gasteiger partial charge in [0.05, 0.1) is 6.42 Å². The maximum absolute atomic E-state index is 13.2. The number of rotatable bonds is 6. The highest BCUT2D eigenvalue weighted by Gasteiger charge is 2.24. The molecule has 1 aliphatic rings. The molecule has 1 atom stereocenters. The molecule has 28 heavy (non-hydrogen) atoms. The van der Waals surface area contributed by atoms with E-state index in [0.717, 1.165) is 25.3 Å². The minimum absolute atomic E-state index is 0.0792. The van der Waals surface area contributed by atoms with Crippen molar-refractivity contribution in [2.24, 2.45) is 0 Å². The van der Waals surface area contributed by atoms with Gasteiger partial charge in [-0.2, -0.15) is 5.10 Å². The van der Waals surface area contributed by atoms with Crippen molar-refractivity contribution in [2.75, 3.05) is 28.6 Å². The lowest BCUT2D eigenvalue weighted by atomic mass is 10.1. The topological polar surface area (TPSA) is 95.9 Å². The Kier molecular flexibility index (Phi) is 5.38. The molecule has 0 saturated carbocycles. The van der Waals surface area contributed by atoms with Crippen molar-refractivity contribution >= 4 is 33.3 Å². The van der Waals surface area contributed by atoms with Gasteiger partial charge in [0, 0.05) is 25.3 Å². The van der Waals surface area contributed by atoms with Gasteiger partial charge in [-0.05, 0) is 36.2 Å². The number of anilines is 3. The van der Waals surface area contributed by atoms with Crippen molar-refractivity contribution in [2.45, 2.75) is 18.9 Å². The van der Waals surface area contributed by atoms with Gasteiger partial charge in [-0.15, -0.1) is 15.3 Å². The van der Waals surface area contributed by atoms with Crippen LogP contribution in [0.3, 0.4) is 0 Å². The fraction of sp³-hybridized carbons (Fsp3) is 0.278. The van der Waals surface area contributed by atoms with Gasteiger partial charge in [0.1, 0.15) is 5.82 Å². The second kappa shape index (κ2) is 8.26. The molecule has 3 aromatic rings. The van der Waals surface area contributed by atoms with Crippen molar-refractivity contribution in [1.29, 1.82) is 0 Å². The van der Waals surface area contributed by atoms with Crippen molar-refractivity contribution in [3.8, 4) is 0 Å². The molecule has 2 aromatic heterocycles. The molecule has 8 nitrogen and oxygen atoms in total. The summed E-state index contributed by atoms with van der Waals surface area (Å²) >= 11 is 1.27. The molecular weight excluding hydrogens is 381 g/mol. The Labute approximate surface area is 164 Å².